The molecule has 0 saturated heterocycles. The summed E-state index contributed by atoms with van der Waals surface area (Å²) in [6, 6.07) is 11.3. The van der Waals surface area contributed by atoms with E-state index in [2.05, 4.69) is 0 Å². The van der Waals surface area contributed by atoms with Gasteiger partial charge in [-0.25, -0.2) is 8.78 Å². The Kier molecular flexibility index (Phi) is 3.83. The summed E-state index contributed by atoms with van der Waals surface area (Å²) < 4.78 is 31.1. The zero-order chi connectivity index (χ0) is 15.0. The molecule has 0 aliphatic carbocycles. The van der Waals surface area contributed by atoms with E-state index in [0.29, 0.717) is 17.2 Å². The van der Waals surface area contributed by atoms with Crippen LogP contribution >= 0.6 is 11.6 Å². The fraction of sp³-hybridized carbons (Fsp3) is 0.250. The summed E-state index contributed by atoms with van der Waals surface area (Å²) in [5.74, 6) is 0.695. The number of nitrogens with two attached hydrogens (primary N) is 1. The molecule has 2 aromatic rings. The highest BCUT2D eigenvalue weighted by Gasteiger charge is 2.27. The van der Waals surface area contributed by atoms with Crippen molar-refractivity contribution in [2.75, 3.05) is 0 Å². The van der Waals surface area contributed by atoms with E-state index in [1.807, 2.05) is 0 Å². The minimum Gasteiger partial charge on any atom is -0.485 e. The molecule has 0 aromatic heterocycles. The summed E-state index contributed by atoms with van der Waals surface area (Å²) in [5.41, 5.74) is 7.89. The fourth-order valence-electron chi connectivity index (χ4n) is 2.54. The number of halogens is 3. The third-order valence-corrected chi connectivity index (χ3v) is 3.90. The maximum atomic E-state index is 12.6. The van der Waals surface area contributed by atoms with Crippen molar-refractivity contribution in [1.29, 1.82) is 0 Å². The molecule has 2 atom stereocenters. The van der Waals surface area contributed by atoms with Crippen molar-refractivity contribution in [3.8, 4) is 5.75 Å². The number of alkyl halides is 2. The molecule has 2 aromatic carbocycles. The van der Waals surface area contributed by atoms with Gasteiger partial charge in [-0.1, -0.05) is 35.9 Å². The van der Waals surface area contributed by atoms with Crippen molar-refractivity contribution < 1.29 is 13.5 Å². The lowest BCUT2D eigenvalue weighted by Gasteiger charge is -2.30. The Morgan fingerprint density at radius 1 is 1.14 bits per heavy atom. The van der Waals surface area contributed by atoms with Crippen molar-refractivity contribution in [2.24, 2.45) is 5.73 Å². The van der Waals surface area contributed by atoms with Gasteiger partial charge in [-0.15, -0.1) is 0 Å². The van der Waals surface area contributed by atoms with Gasteiger partial charge >= 0.3 is 0 Å². The average Bonchev–Trinajstić information content (AvgIpc) is 2.48. The molecule has 1 unspecified atom stereocenters. The average molecular weight is 310 g/mol. The molecule has 0 saturated carbocycles. The van der Waals surface area contributed by atoms with Crippen molar-refractivity contribution in [3.05, 3.63) is 64.2 Å². The molecular formula is C16H14ClF2NO. The van der Waals surface area contributed by atoms with Crippen LogP contribution in [0.2, 0.25) is 5.02 Å². The first-order chi connectivity index (χ1) is 10.0. The highest BCUT2D eigenvalue weighted by Crippen LogP contribution is 2.40. The van der Waals surface area contributed by atoms with Gasteiger partial charge in [-0.2, -0.15) is 0 Å². The van der Waals surface area contributed by atoms with E-state index < -0.39 is 6.43 Å². The van der Waals surface area contributed by atoms with Gasteiger partial charge in [0.25, 0.3) is 6.43 Å². The molecule has 1 aliphatic rings. The second-order valence-electron chi connectivity index (χ2n) is 5.10. The van der Waals surface area contributed by atoms with Gasteiger partial charge in [-0.05, 0) is 23.8 Å². The molecule has 1 heterocycles. The molecular weight excluding hydrogens is 296 g/mol. The highest BCUT2D eigenvalue weighted by atomic mass is 35.5. The van der Waals surface area contributed by atoms with Crippen LogP contribution in [0.4, 0.5) is 8.78 Å². The van der Waals surface area contributed by atoms with Crippen LogP contribution in [0, 0.1) is 0 Å². The van der Waals surface area contributed by atoms with Gasteiger partial charge < -0.3 is 10.5 Å². The van der Waals surface area contributed by atoms with Crippen LogP contribution in [0.25, 0.3) is 0 Å². The smallest absolute Gasteiger partial charge is 0.263 e. The Morgan fingerprint density at radius 3 is 2.52 bits per heavy atom. The van der Waals surface area contributed by atoms with E-state index in [0.717, 1.165) is 11.1 Å². The highest BCUT2D eigenvalue weighted by molar-refractivity contribution is 6.30. The van der Waals surface area contributed by atoms with E-state index in [-0.39, 0.29) is 17.7 Å². The lowest BCUT2D eigenvalue weighted by molar-refractivity contribution is 0.150. The molecule has 2 nitrogen and oxygen atoms in total. The number of rotatable bonds is 2. The molecule has 0 bridgehead atoms. The lowest BCUT2D eigenvalue weighted by atomic mass is 9.93. The van der Waals surface area contributed by atoms with Gasteiger partial charge in [0.2, 0.25) is 0 Å². The van der Waals surface area contributed by atoms with Crippen molar-refractivity contribution in [1.82, 2.24) is 0 Å². The Hall–Kier alpha value is -1.65. The third-order valence-electron chi connectivity index (χ3n) is 3.67. The largest absolute Gasteiger partial charge is 0.485 e. The molecule has 0 spiro atoms. The van der Waals surface area contributed by atoms with Crippen LogP contribution in [-0.4, -0.2) is 0 Å². The lowest BCUT2D eigenvalue weighted by Crippen LogP contribution is -2.24. The summed E-state index contributed by atoms with van der Waals surface area (Å²) in [6.07, 6.45) is -2.11. The van der Waals surface area contributed by atoms with Crippen LogP contribution < -0.4 is 10.5 Å². The summed E-state index contributed by atoms with van der Waals surface area (Å²) in [6.45, 7) is 0. The Bertz CT molecular complexity index is 645. The molecule has 2 N–H and O–H groups in total. The van der Waals surface area contributed by atoms with Gasteiger partial charge in [0.05, 0.1) is 0 Å². The van der Waals surface area contributed by atoms with Gasteiger partial charge in [-0.3, -0.25) is 0 Å². The predicted octanol–water partition coefficient (Wildman–Crippen LogP) is 4.80. The van der Waals surface area contributed by atoms with Gasteiger partial charge in [0, 0.05) is 28.6 Å². The predicted molar refractivity (Wildman–Crippen MR) is 77.8 cm³/mol. The first-order valence-corrected chi connectivity index (χ1v) is 7.02. The number of fused-ring (bicyclic) bond motifs is 1. The summed E-state index contributed by atoms with van der Waals surface area (Å²) in [4.78, 5) is 0. The Labute approximate surface area is 126 Å². The fourth-order valence-corrected chi connectivity index (χ4v) is 2.72. The van der Waals surface area contributed by atoms with E-state index in [1.54, 1.807) is 30.3 Å². The maximum absolute atomic E-state index is 12.6. The van der Waals surface area contributed by atoms with Crippen molar-refractivity contribution >= 4 is 11.6 Å². The maximum Gasteiger partial charge on any atom is 0.263 e. The number of hydrogen-bond acceptors (Lipinski definition) is 2. The van der Waals surface area contributed by atoms with Crippen LogP contribution in [0.5, 0.6) is 5.75 Å². The SMILES string of the molecule is N[C@H]1CC(c2ccc(C(F)F)cc2)Oc2ccc(Cl)cc21. The normalized spacial score (nSPS) is 21.0. The van der Waals surface area contributed by atoms with E-state index in [4.69, 9.17) is 22.1 Å². The molecule has 0 radical (unpaired) electrons. The van der Waals surface area contributed by atoms with Gasteiger partial charge in [0.1, 0.15) is 11.9 Å². The molecule has 5 heteroatoms. The van der Waals surface area contributed by atoms with Crippen LogP contribution in [-0.2, 0) is 0 Å². The summed E-state index contributed by atoms with van der Waals surface area (Å²) in [7, 11) is 0. The number of benzene rings is 2. The number of hydrogen-bond donors (Lipinski definition) is 1. The summed E-state index contributed by atoms with van der Waals surface area (Å²) in [5, 5.41) is 0.618. The molecule has 3 rings (SSSR count). The third kappa shape index (κ3) is 2.87. The Morgan fingerprint density at radius 2 is 1.86 bits per heavy atom. The molecule has 110 valence electrons. The van der Waals surface area contributed by atoms with Crippen molar-refractivity contribution in [3.63, 3.8) is 0 Å². The quantitative estimate of drug-likeness (QED) is 0.864. The van der Waals surface area contributed by atoms with E-state index in [1.165, 1.54) is 12.1 Å². The molecule has 0 amide bonds. The topological polar surface area (TPSA) is 35.2 Å². The van der Waals surface area contributed by atoms with Crippen LogP contribution in [0.3, 0.4) is 0 Å². The molecule has 1 aliphatic heterocycles. The Balaban J connectivity index is 1.86. The minimum absolute atomic E-state index is 0.00559. The first-order valence-electron chi connectivity index (χ1n) is 6.64. The van der Waals surface area contributed by atoms with Gasteiger partial charge in [0.15, 0.2) is 0 Å². The standard InChI is InChI=1S/C16H14ClF2NO/c17-11-5-6-14-12(7-11)13(20)8-15(21-14)9-1-3-10(4-2-9)16(18)19/h1-7,13,15-16H,8,20H2/t13-,15?/m0/s1. The van der Waals surface area contributed by atoms with Crippen molar-refractivity contribution in [2.45, 2.75) is 25.0 Å². The molecule has 0 fully saturated rings. The van der Waals surface area contributed by atoms with E-state index >= 15 is 0 Å². The minimum atomic E-state index is -2.46. The monoisotopic (exact) mass is 309 g/mol. The second-order valence-corrected chi connectivity index (χ2v) is 5.53. The first kappa shape index (κ1) is 14.3. The zero-order valence-corrected chi connectivity index (χ0v) is 11.9. The van der Waals surface area contributed by atoms with Crippen LogP contribution in [0.1, 0.15) is 41.7 Å². The zero-order valence-electron chi connectivity index (χ0n) is 11.1. The van der Waals surface area contributed by atoms with E-state index in [9.17, 15) is 8.78 Å². The number of ether oxygens (including phenoxy) is 1. The van der Waals surface area contributed by atoms with Crippen LogP contribution in [0.15, 0.2) is 42.5 Å². The second kappa shape index (κ2) is 5.62. The summed E-state index contributed by atoms with van der Waals surface area (Å²) >= 11 is 5.96. The molecule has 21 heavy (non-hydrogen) atoms.